The number of anilines is 1. The van der Waals surface area contributed by atoms with Gasteiger partial charge in [0.25, 0.3) is 0 Å². The second-order valence-electron chi connectivity index (χ2n) is 5.29. The van der Waals surface area contributed by atoms with Crippen LogP contribution >= 0.6 is 11.6 Å². The number of piperidine rings is 1. The Balaban J connectivity index is 1.99. The zero-order chi connectivity index (χ0) is 13.1. The van der Waals surface area contributed by atoms with Gasteiger partial charge in [-0.05, 0) is 36.5 Å². The van der Waals surface area contributed by atoms with Crippen LogP contribution in [0.1, 0.15) is 20.3 Å². The summed E-state index contributed by atoms with van der Waals surface area (Å²) in [6.07, 6.45) is 1.20. The minimum atomic E-state index is -0.0318. The lowest BCUT2D eigenvalue weighted by molar-refractivity contribution is 0.156. The topological polar surface area (TPSA) is 32.3 Å². The first-order chi connectivity index (χ1) is 8.54. The Kier molecular flexibility index (Phi) is 4.12. The summed E-state index contributed by atoms with van der Waals surface area (Å²) in [5.41, 5.74) is 0.748. The van der Waals surface area contributed by atoms with Crippen LogP contribution in [-0.2, 0) is 0 Å². The van der Waals surface area contributed by atoms with Gasteiger partial charge in [-0.25, -0.2) is 4.79 Å². The first-order valence-corrected chi connectivity index (χ1v) is 6.74. The number of rotatable bonds is 1. The van der Waals surface area contributed by atoms with Crippen LogP contribution in [0.2, 0.25) is 5.02 Å². The maximum atomic E-state index is 12.1. The van der Waals surface area contributed by atoms with Gasteiger partial charge in [-0.2, -0.15) is 0 Å². The van der Waals surface area contributed by atoms with Gasteiger partial charge in [0.2, 0.25) is 0 Å². The molecule has 1 aliphatic heterocycles. The third kappa shape index (κ3) is 3.39. The lowest BCUT2D eigenvalue weighted by Crippen LogP contribution is -2.44. The minimum absolute atomic E-state index is 0.0318. The molecule has 1 aromatic carbocycles. The van der Waals surface area contributed by atoms with Crippen molar-refractivity contribution < 1.29 is 4.79 Å². The van der Waals surface area contributed by atoms with Crippen LogP contribution in [0.4, 0.5) is 10.5 Å². The fraction of sp³-hybridized carbons (Fsp3) is 0.500. The van der Waals surface area contributed by atoms with Gasteiger partial charge in [0.05, 0.1) is 0 Å². The number of nitrogens with one attached hydrogen (secondary N) is 1. The molecule has 0 radical (unpaired) electrons. The molecular formula is C14H19ClN2O. The average molecular weight is 267 g/mol. The number of nitrogens with zero attached hydrogens (tertiary/aromatic N) is 1. The summed E-state index contributed by atoms with van der Waals surface area (Å²) in [4.78, 5) is 14.0. The molecule has 0 spiro atoms. The summed E-state index contributed by atoms with van der Waals surface area (Å²) < 4.78 is 0. The van der Waals surface area contributed by atoms with Gasteiger partial charge in [-0.3, -0.25) is 0 Å². The number of carbonyl (C=O) groups excluding carboxylic acids is 1. The molecule has 4 heteroatoms. The lowest BCUT2D eigenvalue weighted by atomic mass is 9.92. The SMILES string of the molecule is C[C@@H]1C[C@H](C)CN(C(=O)Nc2cccc(Cl)c2)C1. The molecule has 1 saturated heterocycles. The van der Waals surface area contributed by atoms with Gasteiger partial charge in [0.1, 0.15) is 0 Å². The molecule has 98 valence electrons. The second-order valence-corrected chi connectivity index (χ2v) is 5.73. The molecule has 0 bridgehead atoms. The highest BCUT2D eigenvalue weighted by molar-refractivity contribution is 6.30. The number of likely N-dealkylation sites (tertiary alicyclic amines) is 1. The Morgan fingerprint density at radius 1 is 1.33 bits per heavy atom. The molecule has 3 nitrogen and oxygen atoms in total. The van der Waals surface area contributed by atoms with Crippen molar-refractivity contribution in [2.75, 3.05) is 18.4 Å². The molecule has 1 aromatic rings. The highest BCUT2D eigenvalue weighted by Crippen LogP contribution is 2.22. The number of hydrogen-bond acceptors (Lipinski definition) is 1. The molecule has 0 aliphatic carbocycles. The molecule has 18 heavy (non-hydrogen) atoms. The van der Waals surface area contributed by atoms with Gasteiger partial charge in [-0.1, -0.05) is 31.5 Å². The van der Waals surface area contributed by atoms with Crippen LogP contribution in [0.25, 0.3) is 0 Å². The first kappa shape index (κ1) is 13.2. The molecule has 2 atom stereocenters. The number of benzene rings is 1. The van der Waals surface area contributed by atoms with Crippen molar-refractivity contribution in [2.24, 2.45) is 11.8 Å². The Hall–Kier alpha value is -1.22. The van der Waals surface area contributed by atoms with E-state index >= 15 is 0 Å². The molecule has 1 heterocycles. The molecule has 1 aliphatic rings. The smallest absolute Gasteiger partial charge is 0.321 e. The molecule has 2 rings (SSSR count). The molecule has 0 saturated carbocycles. The second kappa shape index (κ2) is 5.61. The van der Waals surface area contributed by atoms with Crippen LogP contribution in [0, 0.1) is 11.8 Å². The third-order valence-corrected chi connectivity index (χ3v) is 3.47. The van der Waals surface area contributed by atoms with E-state index in [1.807, 2.05) is 17.0 Å². The first-order valence-electron chi connectivity index (χ1n) is 6.36. The van der Waals surface area contributed by atoms with E-state index in [0.29, 0.717) is 16.9 Å². The Bertz CT molecular complexity index is 426. The van der Waals surface area contributed by atoms with E-state index in [0.717, 1.165) is 18.8 Å². The summed E-state index contributed by atoms with van der Waals surface area (Å²) in [5.74, 6) is 1.14. The summed E-state index contributed by atoms with van der Waals surface area (Å²) in [6.45, 7) is 6.04. The van der Waals surface area contributed by atoms with Gasteiger partial charge in [-0.15, -0.1) is 0 Å². The highest BCUT2D eigenvalue weighted by Gasteiger charge is 2.25. The number of hydrogen-bond donors (Lipinski definition) is 1. The van der Waals surface area contributed by atoms with E-state index in [1.165, 1.54) is 6.42 Å². The predicted molar refractivity (Wildman–Crippen MR) is 75.0 cm³/mol. The quantitative estimate of drug-likeness (QED) is 0.823. The van der Waals surface area contributed by atoms with Crippen molar-refractivity contribution in [3.8, 4) is 0 Å². The fourth-order valence-corrected chi connectivity index (χ4v) is 2.79. The fourth-order valence-electron chi connectivity index (χ4n) is 2.60. The van der Waals surface area contributed by atoms with Crippen molar-refractivity contribution in [2.45, 2.75) is 20.3 Å². The number of carbonyl (C=O) groups is 1. The van der Waals surface area contributed by atoms with E-state index in [1.54, 1.807) is 12.1 Å². The van der Waals surface area contributed by atoms with E-state index < -0.39 is 0 Å². The van der Waals surface area contributed by atoms with E-state index in [9.17, 15) is 4.79 Å². The van der Waals surface area contributed by atoms with Crippen molar-refractivity contribution >= 4 is 23.3 Å². The largest absolute Gasteiger partial charge is 0.324 e. The normalized spacial score (nSPS) is 23.8. The van der Waals surface area contributed by atoms with E-state index in [2.05, 4.69) is 19.2 Å². The number of amides is 2. The molecule has 1 fully saturated rings. The summed E-state index contributed by atoms with van der Waals surface area (Å²) in [5, 5.41) is 3.53. The summed E-state index contributed by atoms with van der Waals surface area (Å²) in [7, 11) is 0. The standard InChI is InChI=1S/C14H19ClN2O/c1-10-6-11(2)9-17(8-10)14(18)16-13-5-3-4-12(15)7-13/h3-5,7,10-11H,6,8-9H2,1-2H3,(H,16,18)/t10-,11+. The average Bonchev–Trinajstić information content (AvgIpc) is 2.27. The van der Waals surface area contributed by atoms with Crippen LogP contribution in [0.5, 0.6) is 0 Å². The van der Waals surface area contributed by atoms with Crippen LogP contribution < -0.4 is 5.32 Å². The van der Waals surface area contributed by atoms with Crippen molar-refractivity contribution in [3.05, 3.63) is 29.3 Å². The zero-order valence-corrected chi connectivity index (χ0v) is 11.6. The van der Waals surface area contributed by atoms with Gasteiger partial charge in [0.15, 0.2) is 0 Å². The van der Waals surface area contributed by atoms with Crippen LogP contribution in [0.15, 0.2) is 24.3 Å². The molecule has 2 amide bonds. The molecule has 1 N–H and O–H groups in total. The maximum absolute atomic E-state index is 12.1. The van der Waals surface area contributed by atoms with Crippen molar-refractivity contribution in [1.29, 1.82) is 0 Å². The van der Waals surface area contributed by atoms with Crippen molar-refractivity contribution in [3.63, 3.8) is 0 Å². The molecule has 0 aromatic heterocycles. The number of halogens is 1. The van der Waals surface area contributed by atoms with Gasteiger partial charge in [0, 0.05) is 23.8 Å². The molecule has 0 unspecified atom stereocenters. The highest BCUT2D eigenvalue weighted by atomic mass is 35.5. The molecular weight excluding hydrogens is 248 g/mol. The lowest BCUT2D eigenvalue weighted by Gasteiger charge is -2.34. The Labute approximate surface area is 113 Å². The van der Waals surface area contributed by atoms with Gasteiger partial charge >= 0.3 is 6.03 Å². The van der Waals surface area contributed by atoms with Crippen LogP contribution in [-0.4, -0.2) is 24.0 Å². The zero-order valence-electron chi connectivity index (χ0n) is 10.8. The van der Waals surface area contributed by atoms with Crippen molar-refractivity contribution in [1.82, 2.24) is 4.90 Å². The number of urea groups is 1. The monoisotopic (exact) mass is 266 g/mol. The van der Waals surface area contributed by atoms with Crippen LogP contribution in [0.3, 0.4) is 0 Å². The maximum Gasteiger partial charge on any atom is 0.321 e. The summed E-state index contributed by atoms with van der Waals surface area (Å²) >= 11 is 5.90. The van der Waals surface area contributed by atoms with E-state index in [-0.39, 0.29) is 6.03 Å². The third-order valence-electron chi connectivity index (χ3n) is 3.23. The summed E-state index contributed by atoms with van der Waals surface area (Å²) in [6, 6.07) is 7.20. The predicted octanol–water partition coefficient (Wildman–Crippen LogP) is 3.85. The van der Waals surface area contributed by atoms with Gasteiger partial charge < -0.3 is 10.2 Å². The Morgan fingerprint density at radius 3 is 2.61 bits per heavy atom. The van der Waals surface area contributed by atoms with E-state index in [4.69, 9.17) is 11.6 Å². The Morgan fingerprint density at radius 2 is 2.00 bits per heavy atom. The minimum Gasteiger partial charge on any atom is -0.324 e.